The van der Waals surface area contributed by atoms with Crippen LogP contribution in [0.1, 0.15) is 25.7 Å². The van der Waals surface area contributed by atoms with Crippen LogP contribution in [0, 0.1) is 0 Å². The van der Waals surface area contributed by atoms with E-state index in [2.05, 4.69) is 5.32 Å². The molecular weight excluding hydrogens is 230 g/mol. The fourth-order valence-electron chi connectivity index (χ4n) is 2.89. The Labute approximate surface area is 109 Å². The molecule has 1 aliphatic heterocycles. The van der Waals surface area contributed by atoms with Crippen LogP contribution in [0.25, 0.3) is 0 Å². The molecule has 0 atom stereocenters. The monoisotopic (exact) mass is 255 g/mol. The Morgan fingerprint density at radius 3 is 2.39 bits per heavy atom. The summed E-state index contributed by atoms with van der Waals surface area (Å²) in [6, 6.07) is 1.21. The van der Waals surface area contributed by atoms with Gasteiger partial charge in [-0.1, -0.05) is 0 Å². The van der Waals surface area contributed by atoms with Crippen molar-refractivity contribution in [3.8, 4) is 0 Å². The summed E-state index contributed by atoms with van der Waals surface area (Å²) in [7, 11) is 3.97. The maximum atomic E-state index is 12.3. The number of amides is 2. The second-order valence-electron chi connectivity index (χ2n) is 5.29. The molecule has 1 saturated heterocycles. The van der Waals surface area contributed by atoms with Gasteiger partial charge in [0.15, 0.2) is 0 Å². The molecule has 1 saturated carbocycles. The molecule has 0 bridgehead atoms. The van der Waals surface area contributed by atoms with E-state index in [9.17, 15) is 4.79 Å². The van der Waals surface area contributed by atoms with Crippen LogP contribution in [0.5, 0.6) is 0 Å². The predicted octanol–water partition coefficient (Wildman–Crippen LogP) is 0.901. The quantitative estimate of drug-likeness (QED) is 0.797. The molecule has 104 valence electrons. The van der Waals surface area contributed by atoms with Crippen molar-refractivity contribution in [3.05, 3.63) is 0 Å². The van der Waals surface area contributed by atoms with E-state index < -0.39 is 0 Å². The normalized spacial score (nSPS) is 29.1. The number of nitrogens with one attached hydrogen (secondary N) is 1. The molecule has 0 radical (unpaired) electrons. The first-order chi connectivity index (χ1) is 8.72. The largest absolute Gasteiger partial charge is 0.378 e. The van der Waals surface area contributed by atoms with E-state index in [1.54, 1.807) is 0 Å². The molecule has 1 N–H and O–H groups in total. The zero-order valence-electron chi connectivity index (χ0n) is 11.5. The van der Waals surface area contributed by atoms with Crippen molar-refractivity contribution < 1.29 is 9.53 Å². The Morgan fingerprint density at radius 1 is 1.22 bits per heavy atom. The molecule has 18 heavy (non-hydrogen) atoms. The van der Waals surface area contributed by atoms with Crippen LogP contribution in [0.4, 0.5) is 4.79 Å². The molecule has 2 fully saturated rings. The van der Waals surface area contributed by atoms with Crippen molar-refractivity contribution in [1.29, 1.82) is 0 Å². The highest BCUT2D eigenvalue weighted by Gasteiger charge is 2.28. The SMILES string of the molecule is CNC1CCC(N(C)C(=O)N2CCOCC2)CC1. The van der Waals surface area contributed by atoms with Gasteiger partial charge in [-0.05, 0) is 32.7 Å². The van der Waals surface area contributed by atoms with Gasteiger partial charge in [0.1, 0.15) is 0 Å². The standard InChI is InChI=1S/C13H25N3O2/c1-14-11-3-5-12(6-4-11)15(2)13(17)16-7-9-18-10-8-16/h11-12,14H,3-10H2,1-2H3. The third-order valence-electron chi connectivity index (χ3n) is 4.24. The lowest BCUT2D eigenvalue weighted by atomic mass is 9.90. The second-order valence-corrected chi connectivity index (χ2v) is 5.29. The Hall–Kier alpha value is -0.810. The van der Waals surface area contributed by atoms with E-state index in [1.165, 1.54) is 12.8 Å². The molecule has 0 unspecified atom stereocenters. The van der Waals surface area contributed by atoms with Crippen LogP contribution in [-0.4, -0.2) is 68.3 Å². The molecule has 0 aromatic heterocycles. The molecule has 2 amide bonds. The number of carbonyl (C=O) groups excluding carboxylic acids is 1. The highest BCUT2D eigenvalue weighted by Crippen LogP contribution is 2.23. The number of ether oxygens (including phenoxy) is 1. The zero-order valence-corrected chi connectivity index (χ0v) is 11.5. The van der Waals surface area contributed by atoms with Gasteiger partial charge in [-0.15, -0.1) is 0 Å². The van der Waals surface area contributed by atoms with E-state index in [4.69, 9.17) is 4.74 Å². The van der Waals surface area contributed by atoms with Crippen molar-refractivity contribution in [2.24, 2.45) is 0 Å². The second kappa shape index (κ2) is 6.38. The summed E-state index contributed by atoms with van der Waals surface area (Å²) >= 11 is 0. The van der Waals surface area contributed by atoms with Crippen LogP contribution < -0.4 is 5.32 Å². The highest BCUT2D eigenvalue weighted by atomic mass is 16.5. The number of urea groups is 1. The summed E-state index contributed by atoms with van der Waals surface area (Å²) in [4.78, 5) is 16.2. The molecule has 1 heterocycles. The summed E-state index contributed by atoms with van der Waals surface area (Å²) in [5.74, 6) is 0. The van der Waals surface area contributed by atoms with E-state index in [-0.39, 0.29) is 6.03 Å². The summed E-state index contributed by atoms with van der Waals surface area (Å²) < 4.78 is 5.28. The molecule has 0 aromatic rings. The molecule has 5 nitrogen and oxygen atoms in total. The van der Waals surface area contributed by atoms with Gasteiger partial charge >= 0.3 is 6.03 Å². The lowest BCUT2D eigenvalue weighted by Gasteiger charge is -2.38. The molecule has 0 spiro atoms. The number of morpholine rings is 1. The van der Waals surface area contributed by atoms with Gasteiger partial charge in [0, 0.05) is 32.2 Å². The number of hydrogen-bond donors (Lipinski definition) is 1. The number of carbonyl (C=O) groups is 1. The maximum absolute atomic E-state index is 12.3. The maximum Gasteiger partial charge on any atom is 0.320 e. The van der Waals surface area contributed by atoms with Crippen LogP contribution in [0.3, 0.4) is 0 Å². The van der Waals surface area contributed by atoms with Gasteiger partial charge in [-0.2, -0.15) is 0 Å². The Morgan fingerprint density at radius 2 is 1.83 bits per heavy atom. The molecular formula is C13H25N3O2. The van der Waals surface area contributed by atoms with Crippen LogP contribution in [0.2, 0.25) is 0 Å². The van der Waals surface area contributed by atoms with E-state index >= 15 is 0 Å². The molecule has 2 rings (SSSR count). The first-order valence-corrected chi connectivity index (χ1v) is 6.99. The summed E-state index contributed by atoms with van der Waals surface area (Å²) in [6.45, 7) is 2.81. The van der Waals surface area contributed by atoms with Crippen LogP contribution in [-0.2, 0) is 4.74 Å². The van der Waals surface area contributed by atoms with Crippen molar-refractivity contribution in [1.82, 2.24) is 15.1 Å². The summed E-state index contributed by atoms with van der Waals surface area (Å²) in [5.41, 5.74) is 0. The number of rotatable bonds is 2. The lowest BCUT2D eigenvalue weighted by Crippen LogP contribution is -2.51. The van der Waals surface area contributed by atoms with Gasteiger partial charge in [-0.25, -0.2) is 4.79 Å². The number of nitrogens with zero attached hydrogens (tertiary/aromatic N) is 2. The van der Waals surface area contributed by atoms with Gasteiger partial charge in [0.25, 0.3) is 0 Å². The third-order valence-corrected chi connectivity index (χ3v) is 4.24. The molecule has 0 aromatic carbocycles. The first kappa shape index (κ1) is 13.6. The summed E-state index contributed by atoms with van der Waals surface area (Å²) in [5, 5.41) is 3.33. The third kappa shape index (κ3) is 3.14. The first-order valence-electron chi connectivity index (χ1n) is 6.99. The van der Waals surface area contributed by atoms with Crippen molar-refractivity contribution in [3.63, 3.8) is 0 Å². The average Bonchev–Trinajstić information content (AvgIpc) is 2.47. The smallest absolute Gasteiger partial charge is 0.320 e. The van der Waals surface area contributed by atoms with Crippen molar-refractivity contribution >= 4 is 6.03 Å². The fraction of sp³-hybridized carbons (Fsp3) is 0.923. The average molecular weight is 255 g/mol. The van der Waals surface area contributed by atoms with Gasteiger partial charge in [0.2, 0.25) is 0 Å². The fourth-order valence-corrected chi connectivity index (χ4v) is 2.89. The highest BCUT2D eigenvalue weighted by molar-refractivity contribution is 5.74. The topological polar surface area (TPSA) is 44.8 Å². The van der Waals surface area contributed by atoms with Gasteiger partial charge in [0.05, 0.1) is 13.2 Å². The molecule has 5 heteroatoms. The van der Waals surface area contributed by atoms with E-state index in [0.717, 1.165) is 25.9 Å². The number of hydrogen-bond acceptors (Lipinski definition) is 3. The minimum Gasteiger partial charge on any atom is -0.378 e. The lowest BCUT2D eigenvalue weighted by molar-refractivity contribution is 0.0399. The summed E-state index contributed by atoms with van der Waals surface area (Å²) in [6.07, 6.45) is 4.56. The van der Waals surface area contributed by atoms with E-state index in [0.29, 0.717) is 25.3 Å². The zero-order chi connectivity index (χ0) is 13.0. The minimum absolute atomic E-state index is 0.172. The van der Waals surface area contributed by atoms with Crippen molar-refractivity contribution in [2.45, 2.75) is 37.8 Å². The van der Waals surface area contributed by atoms with Crippen LogP contribution in [0.15, 0.2) is 0 Å². The predicted molar refractivity (Wildman–Crippen MR) is 70.7 cm³/mol. The minimum atomic E-state index is 0.172. The van der Waals surface area contributed by atoms with Crippen LogP contribution >= 0.6 is 0 Å². The Bertz CT molecular complexity index is 271. The Balaban J connectivity index is 1.83. The Kier molecular flexibility index (Phi) is 4.83. The van der Waals surface area contributed by atoms with E-state index in [1.807, 2.05) is 23.9 Å². The van der Waals surface area contributed by atoms with Gasteiger partial charge in [-0.3, -0.25) is 0 Å². The molecule has 1 aliphatic carbocycles. The van der Waals surface area contributed by atoms with Gasteiger partial charge < -0.3 is 19.9 Å². The molecule has 2 aliphatic rings. The van der Waals surface area contributed by atoms with Crippen molar-refractivity contribution in [2.75, 3.05) is 40.4 Å².